The van der Waals surface area contributed by atoms with Gasteiger partial charge in [0.15, 0.2) is 0 Å². The molecule has 0 saturated carbocycles. The van der Waals surface area contributed by atoms with Crippen LogP contribution in [0.5, 0.6) is 5.88 Å². The van der Waals surface area contributed by atoms with Gasteiger partial charge in [-0.05, 0) is 38.5 Å². The molecule has 1 atom stereocenters. The predicted octanol–water partition coefficient (Wildman–Crippen LogP) is 2.89. The third-order valence-electron chi connectivity index (χ3n) is 3.07. The zero-order valence-corrected chi connectivity index (χ0v) is 13.7. The van der Waals surface area contributed by atoms with Crippen molar-refractivity contribution in [1.82, 2.24) is 15.6 Å². The SMILES string of the molecule is CC(C)Oc1ccc(CNC(=O)N[C@@H](C)Cc2ccco2)cn1. The number of urea groups is 1. The summed E-state index contributed by atoms with van der Waals surface area (Å²) in [4.78, 5) is 16.1. The highest BCUT2D eigenvalue weighted by Crippen LogP contribution is 2.09. The molecule has 0 unspecified atom stereocenters. The molecule has 6 heteroatoms. The van der Waals surface area contributed by atoms with Gasteiger partial charge in [-0.3, -0.25) is 0 Å². The van der Waals surface area contributed by atoms with E-state index < -0.39 is 0 Å². The summed E-state index contributed by atoms with van der Waals surface area (Å²) in [5.74, 6) is 1.43. The number of aromatic nitrogens is 1. The average Bonchev–Trinajstić information content (AvgIpc) is 2.98. The first-order chi connectivity index (χ1) is 11.0. The highest BCUT2D eigenvalue weighted by Gasteiger charge is 2.09. The second-order valence-corrected chi connectivity index (χ2v) is 5.68. The van der Waals surface area contributed by atoms with Gasteiger partial charge in [0.1, 0.15) is 5.76 Å². The van der Waals surface area contributed by atoms with E-state index in [1.165, 1.54) is 0 Å². The maximum Gasteiger partial charge on any atom is 0.315 e. The van der Waals surface area contributed by atoms with Crippen LogP contribution in [0.15, 0.2) is 41.1 Å². The summed E-state index contributed by atoms with van der Waals surface area (Å²) in [6.07, 6.45) is 4.07. The van der Waals surface area contributed by atoms with Gasteiger partial charge in [0.05, 0.1) is 12.4 Å². The molecular weight excluding hydrogens is 294 g/mol. The van der Waals surface area contributed by atoms with Gasteiger partial charge >= 0.3 is 6.03 Å². The molecule has 0 aliphatic carbocycles. The van der Waals surface area contributed by atoms with Crippen LogP contribution < -0.4 is 15.4 Å². The lowest BCUT2D eigenvalue weighted by atomic mass is 10.2. The summed E-state index contributed by atoms with van der Waals surface area (Å²) in [7, 11) is 0. The molecule has 23 heavy (non-hydrogen) atoms. The number of amides is 2. The zero-order chi connectivity index (χ0) is 16.7. The van der Waals surface area contributed by atoms with Gasteiger partial charge in [0.25, 0.3) is 0 Å². The van der Waals surface area contributed by atoms with Crippen molar-refractivity contribution in [3.63, 3.8) is 0 Å². The van der Waals surface area contributed by atoms with E-state index in [-0.39, 0.29) is 18.2 Å². The topological polar surface area (TPSA) is 76.4 Å². The minimum absolute atomic E-state index is 0.0129. The summed E-state index contributed by atoms with van der Waals surface area (Å²) in [6, 6.07) is 7.18. The first-order valence-electron chi connectivity index (χ1n) is 7.71. The Morgan fingerprint density at radius 1 is 1.30 bits per heavy atom. The second kappa shape index (κ2) is 8.22. The summed E-state index contributed by atoms with van der Waals surface area (Å²) in [5, 5.41) is 5.68. The first kappa shape index (κ1) is 16.9. The Labute approximate surface area is 136 Å². The fraction of sp³-hybridized carbons (Fsp3) is 0.412. The lowest BCUT2D eigenvalue weighted by Gasteiger charge is -2.13. The standard InChI is InChI=1S/C17H23N3O3/c1-12(2)23-16-7-6-14(10-18-16)11-19-17(21)20-13(3)9-15-5-4-8-22-15/h4-8,10,12-13H,9,11H2,1-3H3,(H2,19,20,21)/t13-/m0/s1. The Balaban J connectivity index is 1.73. The van der Waals surface area contributed by atoms with Crippen LogP contribution in [0.2, 0.25) is 0 Å². The molecule has 2 amide bonds. The van der Waals surface area contributed by atoms with Crippen molar-refractivity contribution >= 4 is 6.03 Å². The maximum absolute atomic E-state index is 11.9. The Kier molecular flexibility index (Phi) is 6.02. The minimum Gasteiger partial charge on any atom is -0.475 e. The third kappa shape index (κ3) is 6.02. The Bertz CT molecular complexity index is 594. The van der Waals surface area contributed by atoms with Crippen LogP contribution in [0.3, 0.4) is 0 Å². The largest absolute Gasteiger partial charge is 0.475 e. The number of rotatable bonds is 7. The number of carbonyl (C=O) groups excluding carboxylic acids is 1. The van der Waals surface area contributed by atoms with Crippen molar-refractivity contribution in [2.75, 3.05) is 0 Å². The Hall–Kier alpha value is -2.50. The van der Waals surface area contributed by atoms with Crippen LogP contribution in [-0.4, -0.2) is 23.2 Å². The number of hydrogen-bond donors (Lipinski definition) is 2. The normalized spacial score (nSPS) is 12.0. The quantitative estimate of drug-likeness (QED) is 0.823. The number of hydrogen-bond acceptors (Lipinski definition) is 4. The van der Waals surface area contributed by atoms with E-state index in [0.29, 0.717) is 18.8 Å². The van der Waals surface area contributed by atoms with E-state index in [1.807, 2.05) is 39.0 Å². The summed E-state index contributed by atoms with van der Waals surface area (Å²) in [5.41, 5.74) is 0.912. The van der Waals surface area contributed by atoms with Crippen LogP contribution in [0.25, 0.3) is 0 Å². The minimum atomic E-state index is -0.216. The van der Waals surface area contributed by atoms with Crippen molar-refractivity contribution in [2.24, 2.45) is 0 Å². The van der Waals surface area contributed by atoms with Crippen molar-refractivity contribution in [2.45, 2.75) is 45.9 Å². The summed E-state index contributed by atoms with van der Waals surface area (Å²) >= 11 is 0. The number of nitrogens with one attached hydrogen (secondary N) is 2. The highest BCUT2D eigenvalue weighted by atomic mass is 16.5. The van der Waals surface area contributed by atoms with Gasteiger partial charge in [0.2, 0.25) is 5.88 Å². The zero-order valence-electron chi connectivity index (χ0n) is 13.7. The molecule has 0 saturated heterocycles. The maximum atomic E-state index is 11.9. The number of nitrogens with zero attached hydrogens (tertiary/aromatic N) is 1. The van der Waals surface area contributed by atoms with Crippen molar-refractivity contribution in [3.8, 4) is 5.88 Å². The van der Waals surface area contributed by atoms with Crippen LogP contribution in [0, 0.1) is 0 Å². The van der Waals surface area contributed by atoms with E-state index in [1.54, 1.807) is 18.5 Å². The van der Waals surface area contributed by atoms with Crippen LogP contribution in [0.1, 0.15) is 32.1 Å². The number of ether oxygens (including phenoxy) is 1. The second-order valence-electron chi connectivity index (χ2n) is 5.68. The number of furan rings is 1. The highest BCUT2D eigenvalue weighted by molar-refractivity contribution is 5.74. The van der Waals surface area contributed by atoms with E-state index in [4.69, 9.17) is 9.15 Å². The summed E-state index contributed by atoms with van der Waals surface area (Å²) in [6.45, 7) is 6.24. The van der Waals surface area contributed by atoms with Gasteiger partial charge in [-0.15, -0.1) is 0 Å². The van der Waals surface area contributed by atoms with Crippen molar-refractivity contribution < 1.29 is 13.9 Å². The van der Waals surface area contributed by atoms with Crippen molar-refractivity contribution in [1.29, 1.82) is 0 Å². The lowest BCUT2D eigenvalue weighted by Crippen LogP contribution is -2.41. The van der Waals surface area contributed by atoms with Crippen molar-refractivity contribution in [3.05, 3.63) is 48.0 Å². The van der Waals surface area contributed by atoms with Gasteiger partial charge in [0, 0.05) is 31.3 Å². The molecule has 0 fully saturated rings. The smallest absolute Gasteiger partial charge is 0.315 e. The molecule has 0 aliphatic rings. The fourth-order valence-electron chi connectivity index (χ4n) is 2.07. The average molecular weight is 317 g/mol. The molecular formula is C17H23N3O3. The first-order valence-corrected chi connectivity index (χ1v) is 7.71. The van der Waals surface area contributed by atoms with Crippen LogP contribution in [0.4, 0.5) is 4.79 Å². The Morgan fingerprint density at radius 3 is 2.74 bits per heavy atom. The molecule has 6 nitrogen and oxygen atoms in total. The Morgan fingerprint density at radius 2 is 2.13 bits per heavy atom. The molecule has 2 rings (SSSR count). The monoisotopic (exact) mass is 317 g/mol. The molecule has 2 N–H and O–H groups in total. The summed E-state index contributed by atoms with van der Waals surface area (Å²) < 4.78 is 10.7. The van der Waals surface area contributed by atoms with Gasteiger partial charge in [-0.1, -0.05) is 6.07 Å². The number of carbonyl (C=O) groups is 1. The molecule has 0 aromatic carbocycles. The molecule has 0 spiro atoms. The lowest BCUT2D eigenvalue weighted by molar-refractivity contribution is 0.232. The molecule has 124 valence electrons. The van der Waals surface area contributed by atoms with Gasteiger partial charge in [-0.2, -0.15) is 0 Å². The van der Waals surface area contributed by atoms with Crippen LogP contribution in [-0.2, 0) is 13.0 Å². The molecule has 2 heterocycles. The molecule has 0 aliphatic heterocycles. The van der Waals surface area contributed by atoms with Gasteiger partial charge in [-0.25, -0.2) is 9.78 Å². The fourth-order valence-corrected chi connectivity index (χ4v) is 2.07. The van der Waals surface area contributed by atoms with Crippen LogP contribution >= 0.6 is 0 Å². The molecule has 2 aromatic rings. The van der Waals surface area contributed by atoms with E-state index in [2.05, 4.69) is 15.6 Å². The van der Waals surface area contributed by atoms with Gasteiger partial charge < -0.3 is 19.8 Å². The molecule has 0 radical (unpaired) electrons. The van der Waals surface area contributed by atoms with E-state index >= 15 is 0 Å². The van der Waals surface area contributed by atoms with E-state index in [0.717, 1.165) is 11.3 Å². The predicted molar refractivity (Wildman–Crippen MR) is 87.2 cm³/mol. The number of pyridine rings is 1. The molecule has 0 bridgehead atoms. The molecule has 2 aromatic heterocycles. The third-order valence-corrected chi connectivity index (χ3v) is 3.07. The van der Waals surface area contributed by atoms with E-state index in [9.17, 15) is 4.79 Å².